The Balaban J connectivity index is 1.59. The summed E-state index contributed by atoms with van der Waals surface area (Å²) in [6.45, 7) is 13.8. The highest BCUT2D eigenvalue weighted by atomic mass is 16.2. The van der Waals surface area contributed by atoms with Crippen LogP contribution in [0.25, 0.3) is 17.2 Å². The Kier molecular flexibility index (Phi) is 8.66. The van der Waals surface area contributed by atoms with Crippen molar-refractivity contribution in [2.75, 3.05) is 6.54 Å². The third kappa shape index (κ3) is 7.23. The van der Waals surface area contributed by atoms with Crippen LogP contribution in [0, 0.1) is 25.2 Å². The van der Waals surface area contributed by atoms with Gasteiger partial charge in [0.05, 0.1) is 0 Å². The predicted octanol–water partition coefficient (Wildman–Crippen LogP) is 5.85. The maximum absolute atomic E-state index is 13.7. The normalized spacial score (nSPS) is 13.5. The molecular formula is C34H38N4O3. The van der Waals surface area contributed by atoms with Crippen LogP contribution in [0.2, 0.25) is 0 Å². The van der Waals surface area contributed by atoms with E-state index in [1.807, 2.05) is 44.2 Å². The summed E-state index contributed by atoms with van der Waals surface area (Å²) in [5.41, 5.74) is 11.9. The van der Waals surface area contributed by atoms with Gasteiger partial charge in [-0.3, -0.25) is 14.4 Å². The molecule has 212 valence electrons. The number of benzene rings is 2. The molecule has 1 heterocycles. The number of aliphatic imine (C=N–C) groups is 1. The molecule has 0 aliphatic heterocycles. The summed E-state index contributed by atoms with van der Waals surface area (Å²) in [5.74, 6) is 0.186. The maximum atomic E-state index is 13.7. The number of carbonyl (C=O) groups is 3. The number of Topliss-reactive ketones (excluding diaryl/α,β-unsaturated/α-hetero) is 1. The number of aromatic nitrogens is 1. The van der Waals surface area contributed by atoms with Gasteiger partial charge in [0.2, 0.25) is 0 Å². The molecule has 0 atom stereocenters. The van der Waals surface area contributed by atoms with Crippen LogP contribution in [0.4, 0.5) is 0 Å². The molecule has 1 fully saturated rings. The van der Waals surface area contributed by atoms with E-state index in [1.165, 1.54) is 0 Å². The number of rotatable bonds is 9. The Hall–Kier alpha value is -4.39. The quantitative estimate of drug-likeness (QED) is 0.197. The van der Waals surface area contributed by atoms with Crippen molar-refractivity contribution < 1.29 is 14.4 Å². The summed E-state index contributed by atoms with van der Waals surface area (Å²) in [4.78, 5) is 47.1. The van der Waals surface area contributed by atoms with Gasteiger partial charge in [-0.25, -0.2) is 4.98 Å². The zero-order chi connectivity index (χ0) is 29.9. The fourth-order valence-corrected chi connectivity index (χ4v) is 4.44. The molecule has 2 amide bonds. The molecule has 0 bridgehead atoms. The molecule has 0 saturated heterocycles. The molecule has 0 spiro atoms. The molecule has 3 aromatic rings. The molecular weight excluding hydrogens is 512 g/mol. The fourth-order valence-electron chi connectivity index (χ4n) is 4.44. The number of hydrogen-bond acceptors (Lipinski definition) is 4. The highest BCUT2D eigenvalue weighted by Crippen LogP contribution is 2.31. The summed E-state index contributed by atoms with van der Waals surface area (Å²) < 4.78 is 0. The topological polar surface area (TPSA) is 115 Å². The third-order valence-corrected chi connectivity index (χ3v) is 7.26. The number of carbonyl (C=O) groups excluding carboxylic acids is 3. The van der Waals surface area contributed by atoms with Crippen molar-refractivity contribution in [3.63, 3.8) is 0 Å². The van der Waals surface area contributed by atoms with Gasteiger partial charge < -0.3 is 11.1 Å². The van der Waals surface area contributed by atoms with E-state index < -0.39 is 5.41 Å². The van der Waals surface area contributed by atoms with Crippen LogP contribution in [-0.2, 0) is 11.2 Å². The predicted molar refractivity (Wildman–Crippen MR) is 164 cm³/mol. The number of nitrogens with two attached hydrogens (primary N) is 1. The van der Waals surface area contributed by atoms with Crippen molar-refractivity contribution in [1.29, 1.82) is 0 Å². The summed E-state index contributed by atoms with van der Waals surface area (Å²) in [5, 5.41) is 2.96. The van der Waals surface area contributed by atoms with Crippen LogP contribution >= 0.6 is 0 Å². The third-order valence-electron chi connectivity index (χ3n) is 7.26. The molecule has 2 aromatic carbocycles. The molecule has 1 saturated carbocycles. The number of nitrogens with zero attached hydrogens (tertiary/aromatic N) is 2. The van der Waals surface area contributed by atoms with Crippen LogP contribution in [0.5, 0.6) is 0 Å². The Labute approximate surface area is 242 Å². The SMILES string of the molecule is C=Cc1cc(C(=O)Cc2ccc(C(N)=NC(=O)C(C)(C)C)cc2)c(-c2ccc(C(=O)NCC3CC3)nc2C)cc1C. The molecule has 1 aliphatic rings. The summed E-state index contributed by atoms with van der Waals surface area (Å²) in [6, 6.07) is 14.6. The Morgan fingerprint density at radius 3 is 2.32 bits per heavy atom. The maximum Gasteiger partial charge on any atom is 0.269 e. The second kappa shape index (κ2) is 12.0. The summed E-state index contributed by atoms with van der Waals surface area (Å²) in [6.07, 6.45) is 4.23. The van der Waals surface area contributed by atoms with Crippen molar-refractivity contribution in [3.05, 3.63) is 94.3 Å². The number of hydrogen-bond donors (Lipinski definition) is 2. The number of pyridine rings is 1. The highest BCUT2D eigenvalue weighted by Gasteiger charge is 2.23. The van der Waals surface area contributed by atoms with Gasteiger partial charge in [-0.1, -0.05) is 69.8 Å². The van der Waals surface area contributed by atoms with Crippen LogP contribution < -0.4 is 11.1 Å². The van der Waals surface area contributed by atoms with Gasteiger partial charge in [-0.15, -0.1) is 0 Å². The van der Waals surface area contributed by atoms with E-state index in [0.29, 0.717) is 35.0 Å². The van der Waals surface area contributed by atoms with Gasteiger partial charge in [0.1, 0.15) is 11.5 Å². The van der Waals surface area contributed by atoms with Crippen molar-refractivity contribution in [3.8, 4) is 11.1 Å². The zero-order valence-corrected chi connectivity index (χ0v) is 24.5. The molecule has 0 unspecified atom stereocenters. The average Bonchev–Trinajstić information content (AvgIpc) is 3.76. The van der Waals surface area contributed by atoms with Crippen LogP contribution in [0.3, 0.4) is 0 Å². The van der Waals surface area contributed by atoms with Crippen LogP contribution in [0.1, 0.15) is 82.4 Å². The first-order valence-corrected chi connectivity index (χ1v) is 13.9. The molecule has 1 aromatic heterocycles. The highest BCUT2D eigenvalue weighted by molar-refractivity contribution is 6.06. The standard InChI is InChI=1S/C34H38N4O3/c1-7-24-18-28(30(39)17-22-10-12-25(13-11-22)31(35)38-33(41)34(4,5)6)27(16-20(24)2)26-14-15-29(37-21(26)3)32(40)36-19-23-8-9-23/h7,10-16,18,23H,1,8-9,17,19H2,2-6H3,(H,36,40)(H2,35,38,41). The lowest BCUT2D eigenvalue weighted by molar-refractivity contribution is -0.124. The molecule has 7 heteroatoms. The van der Waals surface area contributed by atoms with E-state index >= 15 is 0 Å². The monoisotopic (exact) mass is 550 g/mol. The van der Waals surface area contributed by atoms with E-state index in [9.17, 15) is 14.4 Å². The fraction of sp³-hybridized carbons (Fsp3) is 0.324. The van der Waals surface area contributed by atoms with E-state index in [1.54, 1.807) is 45.0 Å². The lowest BCUT2D eigenvalue weighted by atomic mass is 9.89. The minimum absolute atomic E-state index is 0.0638. The molecule has 1 aliphatic carbocycles. The minimum Gasteiger partial charge on any atom is -0.383 e. The van der Waals surface area contributed by atoms with Crippen molar-refractivity contribution >= 4 is 29.5 Å². The number of nitrogens with one attached hydrogen (secondary N) is 1. The van der Waals surface area contributed by atoms with E-state index in [2.05, 4.69) is 21.9 Å². The van der Waals surface area contributed by atoms with Gasteiger partial charge in [-0.2, -0.15) is 4.99 Å². The van der Waals surface area contributed by atoms with E-state index in [0.717, 1.165) is 40.7 Å². The first-order chi connectivity index (χ1) is 19.4. The minimum atomic E-state index is -0.621. The van der Waals surface area contributed by atoms with Gasteiger partial charge in [0.15, 0.2) is 5.78 Å². The van der Waals surface area contributed by atoms with Crippen LogP contribution in [-0.4, -0.2) is 35.0 Å². The van der Waals surface area contributed by atoms with Crippen LogP contribution in [0.15, 0.2) is 60.1 Å². The largest absolute Gasteiger partial charge is 0.383 e. The second-order valence-electron chi connectivity index (χ2n) is 11.8. The van der Waals surface area contributed by atoms with Gasteiger partial charge in [0.25, 0.3) is 11.8 Å². The summed E-state index contributed by atoms with van der Waals surface area (Å²) in [7, 11) is 0. The number of amides is 2. The van der Waals surface area contributed by atoms with Crippen molar-refractivity contribution in [2.24, 2.45) is 22.1 Å². The van der Waals surface area contributed by atoms with Crippen molar-refractivity contribution in [1.82, 2.24) is 10.3 Å². The van der Waals surface area contributed by atoms with Gasteiger partial charge in [0, 0.05) is 40.8 Å². The Bertz CT molecular complexity index is 1540. The van der Waals surface area contributed by atoms with E-state index in [-0.39, 0.29) is 29.9 Å². The zero-order valence-electron chi connectivity index (χ0n) is 24.5. The second-order valence-corrected chi connectivity index (χ2v) is 11.8. The van der Waals surface area contributed by atoms with E-state index in [4.69, 9.17) is 5.73 Å². The number of amidine groups is 1. The summed E-state index contributed by atoms with van der Waals surface area (Å²) >= 11 is 0. The molecule has 4 rings (SSSR count). The lowest BCUT2D eigenvalue weighted by Gasteiger charge is -2.15. The van der Waals surface area contributed by atoms with Gasteiger partial charge in [-0.05, 0) is 67.0 Å². The first kappa shape index (κ1) is 29.6. The van der Waals surface area contributed by atoms with Crippen molar-refractivity contribution in [2.45, 2.75) is 53.9 Å². The smallest absolute Gasteiger partial charge is 0.269 e. The molecule has 41 heavy (non-hydrogen) atoms. The average molecular weight is 551 g/mol. The first-order valence-electron chi connectivity index (χ1n) is 13.9. The number of ketones is 1. The van der Waals surface area contributed by atoms with Gasteiger partial charge >= 0.3 is 0 Å². The lowest BCUT2D eigenvalue weighted by Crippen LogP contribution is -2.26. The molecule has 3 N–H and O–H groups in total. The Morgan fingerprint density at radius 1 is 1.05 bits per heavy atom. The number of aryl methyl sites for hydroxylation is 2. The molecule has 7 nitrogen and oxygen atoms in total. The Morgan fingerprint density at radius 2 is 1.73 bits per heavy atom. The molecule has 0 radical (unpaired) electrons.